The quantitative estimate of drug-likeness (QED) is 0.727. The second kappa shape index (κ2) is 4.69. The van der Waals surface area contributed by atoms with E-state index in [9.17, 15) is 4.79 Å². The van der Waals surface area contributed by atoms with Crippen LogP contribution in [0.5, 0.6) is 0 Å². The molecule has 3 saturated heterocycles. The molecular weight excluding hydrogens is 250 g/mol. The Balaban J connectivity index is 1.60. The number of likely N-dealkylation sites (tertiary alicyclic amines) is 1. The van der Waals surface area contributed by atoms with Gasteiger partial charge in [0.2, 0.25) is 5.91 Å². The Morgan fingerprint density at radius 3 is 2.39 bits per heavy atom. The monoisotopic (exact) mass is 271 g/mol. The summed E-state index contributed by atoms with van der Waals surface area (Å²) in [4.78, 5) is 14.6. The van der Waals surface area contributed by atoms with Crippen molar-refractivity contribution in [1.29, 1.82) is 0 Å². The molecule has 3 aliphatic rings. The second-order valence-corrected chi connectivity index (χ2v) is 7.18. The highest BCUT2D eigenvalue weighted by Crippen LogP contribution is 2.40. The molecule has 0 aromatic rings. The lowest BCUT2D eigenvalue weighted by Gasteiger charge is -2.40. The first-order valence-electron chi connectivity index (χ1n) is 6.85. The van der Waals surface area contributed by atoms with Crippen molar-refractivity contribution >= 4 is 17.7 Å². The highest BCUT2D eigenvalue weighted by atomic mass is 32.2. The Morgan fingerprint density at radius 2 is 1.83 bits per heavy atom. The zero-order valence-corrected chi connectivity index (χ0v) is 11.8. The van der Waals surface area contributed by atoms with Crippen LogP contribution in [0.15, 0.2) is 0 Å². The van der Waals surface area contributed by atoms with E-state index in [4.69, 9.17) is 9.47 Å². The normalized spacial score (nSPS) is 35.3. The van der Waals surface area contributed by atoms with Crippen LogP contribution in [0.25, 0.3) is 0 Å². The minimum absolute atomic E-state index is 0.179. The molecule has 5 heteroatoms. The topological polar surface area (TPSA) is 38.8 Å². The van der Waals surface area contributed by atoms with Crippen LogP contribution in [0.4, 0.5) is 0 Å². The van der Waals surface area contributed by atoms with Gasteiger partial charge in [-0.25, -0.2) is 0 Å². The Kier molecular flexibility index (Phi) is 3.32. The number of amides is 1. The van der Waals surface area contributed by atoms with Gasteiger partial charge in [-0.2, -0.15) is 0 Å². The van der Waals surface area contributed by atoms with Crippen molar-refractivity contribution in [2.75, 3.05) is 32.1 Å². The third-order valence-corrected chi connectivity index (χ3v) is 5.81. The molecule has 1 amide bonds. The van der Waals surface area contributed by atoms with E-state index in [0.717, 1.165) is 44.5 Å². The fourth-order valence-corrected chi connectivity index (χ4v) is 4.40. The predicted molar refractivity (Wildman–Crippen MR) is 70.5 cm³/mol. The van der Waals surface area contributed by atoms with Crippen LogP contribution in [0, 0.1) is 0 Å². The molecule has 1 atom stereocenters. The van der Waals surface area contributed by atoms with Gasteiger partial charge in [0.15, 0.2) is 5.79 Å². The number of nitrogens with zero attached hydrogens (tertiary/aromatic N) is 1. The first-order chi connectivity index (χ1) is 8.64. The van der Waals surface area contributed by atoms with Gasteiger partial charge in [-0.15, -0.1) is 11.8 Å². The second-order valence-electron chi connectivity index (χ2n) is 5.58. The third kappa shape index (κ3) is 2.17. The SMILES string of the molecule is CC1(C(=O)N2CCC3(CC2)OCCO3)CCCS1. The lowest BCUT2D eigenvalue weighted by atomic mass is 9.99. The summed E-state index contributed by atoms with van der Waals surface area (Å²) < 4.78 is 11.2. The molecule has 0 aliphatic carbocycles. The number of hydrogen-bond donors (Lipinski definition) is 0. The minimum Gasteiger partial charge on any atom is -0.347 e. The van der Waals surface area contributed by atoms with Crippen molar-refractivity contribution in [1.82, 2.24) is 4.90 Å². The fraction of sp³-hybridized carbons (Fsp3) is 0.923. The molecule has 1 unspecified atom stereocenters. The van der Waals surface area contributed by atoms with Gasteiger partial charge in [0.05, 0.1) is 18.0 Å². The molecular formula is C13H21NO3S. The van der Waals surface area contributed by atoms with Gasteiger partial charge in [-0.3, -0.25) is 4.79 Å². The lowest BCUT2D eigenvalue weighted by Crippen LogP contribution is -2.52. The van der Waals surface area contributed by atoms with Gasteiger partial charge in [-0.05, 0) is 25.5 Å². The van der Waals surface area contributed by atoms with Crippen molar-refractivity contribution < 1.29 is 14.3 Å². The zero-order valence-electron chi connectivity index (χ0n) is 10.9. The van der Waals surface area contributed by atoms with E-state index < -0.39 is 0 Å². The molecule has 0 aromatic carbocycles. The summed E-state index contributed by atoms with van der Waals surface area (Å²) in [7, 11) is 0. The molecule has 3 rings (SSSR count). The van der Waals surface area contributed by atoms with Crippen molar-refractivity contribution in [3.8, 4) is 0 Å². The highest BCUT2D eigenvalue weighted by molar-refractivity contribution is 8.01. The van der Waals surface area contributed by atoms with Crippen molar-refractivity contribution in [3.63, 3.8) is 0 Å². The summed E-state index contributed by atoms with van der Waals surface area (Å²) in [6, 6.07) is 0. The molecule has 4 nitrogen and oxygen atoms in total. The number of piperidine rings is 1. The van der Waals surface area contributed by atoms with E-state index in [2.05, 4.69) is 6.92 Å². The van der Waals surface area contributed by atoms with Gasteiger partial charge in [0.25, 0.3) is 0 Å². The van der Waals surface area contributed by atoms with Gasteiger partial charge in [0, 0.05) is 25.9 Å². The van der Waals surface area contributed by atoms with E-state index in [1.54, 1.807) is 0 Å². The average Bonchev–Trinajstić information content (AvgIpc) is 3.01. The van der Waals surface area contributed by atoms with Crippen molar-refractivity contribution in [2.24, 2.45) is 0 Å². The van der Waals surface area contributed by atoms with E-state index >= 15 is 0 Å². The molecule has 0 aromatic heterocycles. The van der Waals surface area contributed by atoms with Crippen LogP contribution < -0.4 is 0 Å². The molecule has 0 bridgehead atoms. The predicted octanol–water partition coefficient (Wildman–Crippen LogP) is 1.64. The van der Waals surface area contributed by atoms with Crippen molar-refractivity contribution in [3.05, 3.63) is 0 Å². The summed E-state index contributed by atoms with van der Waals surface area (Å²) in [6.45, 7) is 5.03. The van der Waals surface area contributed by atoms with Crippen LogP contribution in [0.3, 0.4) is 0 Å². The maximum Gasteiger partial charge on any atom is 0.238 e. The van der Waals surface area contributed by atoms with E-state index in [0.29, 0.717) is 19.1 Å². The maximum atomic E-state index is 12.5. The standard InChI is InChI=1S/C13H21NO3S/c1-12(3-2-10-18-12)11(15)14-6-4-13(5-7-14)16-8-9-17-13/h2-10H2,1H3. The first-order valence-corrected chi connectivity index (χ1v) is 7.83. The smallest absolute Gasteiger partial charge is 0.238 e. The van der Waals surface area contributed by atoms with Crippen LogP contribution in [0.2, 0.25) is 0 Å². The number of carbonyl (C=O) groups is 1. The van der Waals surface area contributed by atoms with Crippen molar-refractivity contribution in [2.45, 2.75) is 43.1 Å². The third-order valence-electron chi connectivity index (χ3n) is 4.30. The largest absolute Gasteiger partial charge is 0.347 e. The van der Waals surface area contributed by atoms with Crippen LogP contribution in [-0.2, 0) is 14.3 Å². The number of hydrogen-bond acceptors (Lipinski definition) is 4. The summed E-state index contributed by atoms with van der Waals surface area (Å²) in [6.07, 6.45) is 3.82. The summed E-state index contributed by atoms with van der Waals surface area (Å²) in [5.74, 6) is 1.06. The van der Waals surface area contributed by atoms with Crippen LogP contribution in [-0.4, -0.2) is 53.4 Å². The molecule has 0 saturated carbocycles. The average molecular weight is 271 g/mol. The molecule has 1 spiro atoms. The fourth-order valence-electron chi connectivity index (χ4n) is 3.12. The molecule has 3 aliphatic heterocycles. The minimum atomic E-state index is -0.375. The number of thioether (sulfide) groups is 1. The lowest BCUT2D eigenvalue weighted by molar-refractivity contribution is -0.187. The molecule has 102 valence electrons. The zero-order chi connectivity index (χ0) is 12.6. The number of rotatable bonds is 1. The van der Waals surface area contributed by atoms with Gasteiger partial charge in [0.1, 0.15) is 0 Å². The Morgan fingerprint density at radius 1 is 1.17 bits per heavy atom. The van der Waals surface area contributed by atoms with E-state index in [1.807, 2.05) is 16.7 Å². The molecule has 0 N–H and O–H groups in total. The summed E-state index contributed by atoms with van der Waals surface area (Å²) >= 11 is 1.82. The molecule has 3 heterocycles. The van der Waals surface area contributed by atoms with Crippen LogP contribution in [0.1, 0.15) is 32.6 Å². The molecule has 3 fully saturated rings. The summed E-state index contributed by atoms with van der Waals surface area (Å²) in [5, 5.41) is 0. The molecule has 0 radical (unpaired) electrons. The van der Waals surface area contributed by atoms with Gasteiger partial charge >= 0.3 is 0 Å². The van der Waals surface area contributed by atoms with E-state index in [-0.39, 0.29) is 10.5 Å². The number of ether oxygens (including phenoxy) is 2. The number of carbonyl (C=O) groups excluding carboxylic acids is 1. The highest BCUT2D eigenvalue weighted by Gasteiger charge is 2.45. The van der Waals surface area contributed by atoms with Gasteiger partial charge < -0.3 is 14.4 Å². The Hall–Kier alpha value is -0.260. The Labute approximate surface area is 112 Å². The maximum absolute atomic E-state index is 12.5. The Bertz CT molecular complexity index is 325. The van der Waals surface area contributed by atoms with Crippen LogP contribution >= 0.6 is 11.8 Å². The van der Waals surface area contributed by atoms with Gasteiger partial charge in [-0.1, -0.05) is 0 Å². The molecule has 18 heavy (non-hydrogen) atoms. The first kappa shape index (κ1) is 12.8. The summed E-state index contributed by atoms with van der Waals surface area (Å²) in [5.41, 5.74) is 0. The van der Waals surface area contributed by atoms with E-state index in [1.165, 1.54) is 0 Å².